The summed E-state index contributed by atoms with van der Waals surface area (Å²) in [4.78, 5) is 2.55. The molecule has 17 aromatic rings. The number of para-hydroxylation sites is 4. The number of anilines is 3. The predicted molar refractivity (Wildman–Crippen MR) is 366 cm³/mol. The van der Waals surface area contributed by atoms with Crippen molar-refractivity contribution in [3.63, 3.8) is 0 Å². The Balaban J connectivity index is 0.901. The molecule has 0 amide bonds. The Morgan fingerprint density at radius 3 is 1.42 bits per heavy atom. The van der Waals surface area contributed by atoms with Gasteiger partial charge >= 0.3 is 0 Å². The number of furan rings is 1. The first-order chi connectivity index (χ1) is 42.5. The lowest BCUT2D eigenvalue weighted by Gasteiger charge is -2.45. The molecule has 404 valence electrons. The first-order valence-electron chi connectivity index (χ1n) is 30.0. The lowest BCUT2D eigenvalue weighted by Crippen LogP contribution is -2.77. The molecule has 0 atom stereocenters. The second-order valence-corrected chi connectivity index (χ2v) is 27.5. The normalized spacial score (nSPS) is 13.2. The van der Waals surface area contributed by atoms with Crippen molar-refractivity contribution in [1.29, 1.82) is 0 Å². The average molecular weight is 1110 g/mol. The van der Waals surface area contributed by atoms with Crippen LogP contribution in [-0.2, 0) is 0 Å². The van der Waals surface area contributed by atoms with Gasteiger partial charge in [0.05, 0.1) is 27.8 Å². The Bertz CT molecular complexity index is 5580. The van der Waals surface area contributed by atoms with Gasteiger partial charge in [-0.05, 0) is 173 Å². The highest BCUT2D eigenvalue weighted by Crippen LogP contribution is 2.47. The minimum Gasteiger partial charge on any atom is -0.456 e. The summed E-state index contributed by atoms with van der Waals surface area (Å²) in [6.45, 7) is 4.57. The summed E-state index contributed by atoms with van der Waals surface area (Å²) in [5, 5.41) is 20.0. The zero-order valence-electron chi connectivity index (χ0n) is 47.5. The molecule has 86 heavy (non-hydrogen) atoms. The zero-order chi connectivity index (χ0) is 56.8. The molecule has 0 spiro atoms. The maximum absolute atomic E-state index is 7.31. The molecule has 1 aliphatic heterocycles. The van der Waals surface area contributed by atoms with Gasteiger partial charge in [0.2, 0.25) is 0 Å². The summed E-state index contributed by atoms with van der Waals surface area (Å²) in [5.41, 5.74) is 15.8. The number of aromatic nitrogens is 2. The Kier molecular flexibility index (Phi) is 10.6. The van der Waals surface area contributed by atoms with Crippen molar-refractivity contribution in [3.8, 4) is 22.5 Å². The minimum absolute atomic E-state index is 0.399. The fourth-order valence-corrected chi connectivity index (χ4v) is 20.1. The Morgan fingerprint density at radius 2 is 0.767 bits per heavy atom. The molecule has 0 unspecified atom stereocenters. The maximum atomic E-state index is 7.31. The average Bonchev–Trinajstić information content (AvgIpc) is 0.947. The zero-order valence-corrected chi connectivity index (χ0v) is 48.5. The van der Waals surface area contributed by atoms with Crippen molar-refractivity contribution in [2.45, 2.75) is 19.8 Å². The molecule has 4 nitrogen and oxygen atoms in total. The van der Waals surface area contributed by atoms with Gasteiger partial charge in [-0.2, -0.15) is 0 Å². The highest BCUT2D eigenvalue weighted by atomic mass is 28.3. The third-order valence-electron chi connectivity index (χ3n) is 18.9. The lowest BCUT2D eigenvalue weighted by atomic mass is 9.90. The molecule has 1 aliphatic rings. The van der Waals surface area contributed by atoms with E-state index in [9.17, 15) is 0 Å². The molecule has 0 aliphatic carbocycles. The van der Waals surface area contributed by atoms with Crippen LogP contribution >= 0.6 is 0 Å². The SMILES string of the molecule is CC(C)c1ccc2c3ccccc3c3cc4c(cc3c2c1)oc1cc2c(cc14)[Si](c1ccccc1)(c1ccccc1)c1ccccc1N2c1ccc2c(c1)c1cc(-c3ccc4c(c3)c3ccccc3n4-c3ccccc3)ccc1n2-c1ccccc1. The van der Waals surface area contributed by atoms with Gasteiger partial charge in [0.25, 0.3) is 0 Å². The van der Waals surface area contributed by atoms with Crippen LogP contribution in [0.5, 0.6) is 0 Å². The van der Waals surface area contributed by atoms with Crippen LogP contribution < -0.4 is 25.6 Å². The fourth-order valence-electron chi connectivity index (χ4n) is 15.0. The molecule has 0 bridgehead atoms. The Labute approximate surface area is 498 Å². The molecule has 4 heterocycles. The van der Waals surface area contributed by atoms with Gasteiger partial charge in [-0.25, -0.2) is 0 Å². The highest BCUT2D eigenvalue weighted by molar-refractivity contribution is 7.21. The van der Waals surface area contributed by atoms with Crippen LogP contribution in [0.2, 0.25) is 0 Å². The molecule has 0 saturated heterocycles. The largest absolute Gasteiger partial charge is 0.456 e. The summed E-state index contributed by atoms with van der Waals surface area (Å²) in [6, 6.07) is 109. The molecular weight excluding hydrogens is 1060 g/mol. The topological polar surface area (TPSA) is 26.2 Å². The van der Waals surface area contributed by atoms with E-state index in [4.69, 9.17) is 4.42 Å². The van der Waals surface area contributed by atoms with Crippen LogP contribution in [0.25, 0.3) is 120 Å². The van der Waals surface area contributed by atoms with Crippen molar-refractivity contribution in [3.05, 3.63) is 297 Å². The quantitative estimate of drug-likeness (QED) is 0.117. The van der Waals surface area contributed by atoms with Crippen molar-refractivity contribution in [2.75, 3.05) is 4.90 Å². The van der Waals surface area contributed by atoms with Crippen LogP contribution in [0, 0.1) is 0 Å². The van der Waals surface area contributed by atoms with Gasteiger partial charge in [0.1, 0.15) is 11.2 Å². The first-order valence-corrected chi connectivity index (χ1v) is 32.0. The van der Waals surface area contributed by atoms with E-state index in [2.05, 4.69) is 319 Å². The number of fused-ring (bicyclic) bond motifs is 17. The minimum atomic E-state index is -3.11. The second kappa shape index (κ2) is 18.6. The van der Waals surface area contributed by atoms with Gasteiger partial charge < -0.3 is 18.5 Å². The van der Waals surface area contributed by atoms with Gasteiger partial charge in [-0.15, -0.1) is 0 Å². The molecule has 0 radical (unpaired) electrons. The van der Waals surface area contributed by atoms with Gasteiger partial charge in [-0.3, -0.25) is 0 Å². The van der Waals surface area contributed by atoms with Gasteiger partial charge in [0.15, 0.2) is 8.07 Å². The Hall–Kier alpha value is -10.7. The van der Waals surface area contributed by atoms with Crippen molar-refractivity contribution in [1.82, 2.24) is 9.13 Å². The maximum Gasteiger partial charge on any atom is 0.184 e. The van der Waals surface area contributed by atoms with Crippen molar-refractivity contribution in [2.24, 2.45) is 0 Å². The summed E-state index contributed by atoms with van der Waals surface area (Å²) in [6.07, 6.45) is 0. The summed E-state index contributed by atoms with van der Waals surface area (Å²) >= 11 is 0. The van der Waals surface area contributed by atoms with Gasteiger partial charge in [-0.1, -0.05) is 202 Å². The third kappa shape index (κ3) is 6.97. The molecule has 5 heteroatoms. The standard InChI is InChI=1S/C81H55N3OSi/c1-51(2)52-35-39-62-60-29-15-16-30-61(60)65-47-70-71-49-81-77(50-79(71)85-78(70)48-66(65)64(62)43-52)84(76-33-19-20-34-80(76)86(81,58-25-11-5-12-26-58)59-27-13-6-14-28-59)57-38-42-75-69(46-57)68-45-54(37-41-74(68)83(75)56-23-9-4-10-24-56)53-36-40-73-67(44-53)63-31-17-18-32-72(63)82(73)55-21-7-3-8-22-55/h3-51H,1-2H3. The lowest BCUT2D eigenvalue weighted by molar-refractivity contribution is 0.669. The number of hydrogen-bond acceptors (Lipinski definition) is 2. The van der Waals surface area contributed by atoms with Crippen molar-refractivity contribution >= 4 is 144 Å². The van der Waals surface area contributed by atoms with Crippen LogP contribution in [0.3, 0.4) is 0 Å². The second-order valence-electron chi connectivity index (χ2n) is 23.7. The fraction of sp³-hybridized carbons (Fsp3) is 0.0370. The van der Waals surface area contributed by atoms with E-state index in [-0.39, 0.29) is 0 Å². The monoisotopic (exact) mass is 1110 g/mol. The predicted octanol–water partition coefficient (Wildman–Crippen LogP) is 19.2. The molecule has 0 fully saturated rings. The molecule has 14 aromatic carbocycles. The van der Waals surface area contributed by atoms with Crippen LogP contribution in [0.4, 0.5) is 17.1 Å². The van der Waals surface area contributed by atoms with Crippen molar-refractivity contribution < 1.29 is 4.42 Å². The van der Waals surface area contributed by atoms with Crippen LogP contribution in [0.1, 0.15) is 25.3 Å². The van der Waals surface area contributed by atoms with Crippen LogP contribution in [0.15, 0.2) is 296 Å². The molecule has 0 N–H and O–H groups in total. The number of hydrogen-bond donors (Lipinski definition) is 0. The first kappa shape index (κ1) is 48.8. The number of rotatable bonds is 7. The van der Waals surface area contributed by atoms with E-state index in [1.165, 1.54) is 108 Å². The smallest absolute Gasteiger partial charge is 0.184 e. The number of benzene rings is 14. The molecular formula is C81H55N3OSi. The Morgan fingerprint density at radius 1 is 0.291 bits per heavy atom. The van der Waals surface area contributed by atoms with E-state index in [1.807, 2.05) is 0 Å². The van der Waals surface area contributed by atoms with E-state index in [0.717, 1.165) is 55.7 Å². The van der Waals surface area contributed by atoms with Gasteiger partial charge in [0, 0.05) is 61.1 Å². The van der Waals surface area contributed by atoms with E-state index < -0.39 is 8.07 Å². The van der Waals surface area contributed by atoms with E-state index in [0.29, 0.717) is 5.92 Å². The molecule has 18 rings (SSSR count). The van der Waals surface area contributed by atoms with Crippen LogP contribution in [-0.4, -0.2) is 17.2 Å². The summed E-state index contributed by atoms with van der Waals surface area (Å²) in [5.74, 6) is 0.399. The molecule has 0 saturated carbocycles. The molecule has 3 aromatic heterocycles. The van der Waals surface area contributed by atoms with E-state index in [1.54, 1.807) is 0 Å². The van der Waals surface area contributed by atoms with E-state index >= 15 is 0 Å². The summed E-state index contributed by atoms with van der Waals surface area (Å²) in [7, 11) is -3.11. The number of nitrogens with zero attached hydrogens (tertiary/aromatic N) is 3. The highest BCUT2D eigenvalue weighted by Gasteiger charge is 2.49. The summed E-state index contributed by atoms with van der Waals surface area (Å²) < 4.78 is 12.1. The third-order valence-corrected chi connectivity index (χ3v) is 23.7.